The molecule has 5 unspecified atom stereocenters. The molecule has 4 aliphatic rings. The van der Waals surface area contributed by atoms with Gasteiger partial charge in [0.1, 0.15) is 0 Å². The zero-order valence-electron chi connectivity index (χ0n) is 19.6. The lowest BCUT2D eigenvalue weighted by molar-refractivity contribution is 0.0764. The van der Waals surface area contributed by atoms with Crippen LogP contribution < -0.4 is 21.1 Å². The first-order valence-electron chi connectivity index (χ1n) is 12.6. The lowest BCUT2D eigenvalue weighted by Crippen LogP contribution is -2.64. The smallest absolute Gasteiger partial charge is 0.317 e. The summed E-state index contributed by atoms with van der Waals surface area (Å²) in [7, 11) is 0. The number of aromatic nitrogens is 1. The number of hydrogen-bond acceptors (Lipinski definition) is 5. The number of anilines is 1. The highest BCUT2D eigenvalue weighted by Crippen LogP contribution is 2.42. The Bertz CT molecular complexity index is 1070. The van der Waals surface area contributed by atoms with Crippen molar-refractivity contribution >= 4 is 23.3 Å². The summed E-state index contributed by atoms with van der Waals surface area (Å²) in [6.07, 6.45) is 6.11. The first-order valence-corrected chi connectivity index (χ1v) is 12.9. The van der Waals surface area contributed by atoms with E-state index in [1.54, 1.807) is 0 Å². The van der Waals surface area contributed by atoms with Gasteiger partial charge in [0.2, 0.25) is 0 Å². The van der Waals surface area contributed by atoms with E-state index in [1.165, 1.54) is 5.56 Å². The third kappa shape index (κ3) is 4.14. The largest absolute Gasteiger partial charge is 0.369 e. The maximum atomic E-state index is 13.2. The predicted octanol–water partition coefficient (Wildman–Crippen LogP) is 3.65. The molecule has 1 saturated carbocycles. The van der Waals surface area contributed by atoms with Gasteiger partial charge in [0.05, 0.1) is 12.1 Å². The van der Waals surface area contributed by atoms with E-state index in [9.17, 15) is 4.79 Å². The second kappa shape index (κ2) is 9.02. The van der Waals surface area contributed by atoms with Gasteiger partial charge in [0.15, 0.2) is 0 Å². The maximum Gasteiger partial charge on any atom is 0.317 e. The number of nitrogens with one attached hydrogen (secondary N) is 3. The van der Waals surface area contributed by atoms with Crippen molar-refractivity contribution in [3.05, 3.63) is 58.9 Å². The fourth-order valence-corrected chi connectivity index (χ4v) is 6.82. The molecule has 0 bridgehead atoms. The quantitative estimate of drug-likeness (QED) is 0.625. The molecule has 1 aliphatic carbocycles. The first-order chi connectivity index (χ1) is 16.5. The van der Waals surface area contributed by atoms with Crippen molar-refractivity contribution < 1.29 is 4.79 Å². The number of fused-ring (bicyclic) bond motifs is 2. The highest BCUT2D eigenvalue weighted by molar-refractivity contribution is 6.30. The molecule has 2 aromatic rings. The molecule has 0 radical (unpaired) electrons. The Labute approximate surface area is 206 Å². The highest BCUT2D eigenvalue weighted by atomic mass is 35.5. The molecule has 4 fully saturated rings. The normalized spacial score (nSPS) is 33.3. The van der Waals surface area contributed by atoms with Crippen LogP contribution in [0.1, 0.15) is 43.0 Å². The molecule has 6 atom stereocenters. The van der Waals surface area contributed by atoms with E-state index in [1.807, 2.05) is 31.3 Å². The van der Waals surface area contributed by atoms with E-state index >= 15 is 0 Å². The highest BCUT2D eigenvalue weighted by Gasteiger charge is 2.48. The van der Waals surface area contributed by atoms with Crippen LogP contribution in [0.3, 0.4) is 0 Å². The van der Waals surface area contributed by atoms with Crippen molar-refractivity contribution in [1.29, 1.82) is 0 Å². The number of piperidine rings is 1. The van der Waals surface area contributed by atoms with Crippen LogP contribution in [-0.4, -0.2) is 53.7 Å². The zero-order valence-corrected chi connectivity index (χ0v) is 20.3. The van der Waals surface area contributed by atoms with E-state index in [0.29, 0.717) is 17.9 Å². The lowest BCUT2D eigenvalue weighted by atomic mass is 9.71. The minimum absolute atomic E-state index is 0.102. The van der Waals surface area contributed by atoms with Gasteiger partial charge in [-0.2, -0.15) is 0 Å². The molecule has 3 saturated heterocycles. The Hall–Kier alpha value is -2.35. The molecule has 8 heteroatoms. The van der Waals surface area contributed by atoms with E-state index < -0.39 is 0 Å². The van der Waals surface area contributed by atoms with E-state index in [2.05, 4.69) is 49.2 Å². The molecule has 2 amide bonds. The van der Waals surface area contributed by atoms with Crippen LogP contribution in [0.25, 0.3) is 0 Å². The predicted molar refractivity (Wildman–Crippen MR) is 134 cm³/mol. The van der Waals surface area contributed by atoms with Crippen LogP contribution in [0.5, 0.6) is 0 Å². The standard InChI is InChI=1S/C26H33ClN6O/c1-16-10-17(7-8-28-16)25-22-11-18-14-33(26(34)29-23(18)13-24(22)30-31-25)21-6-3-9-32(15-21)20-5-2-4-19(27)12-20/h2,4-5,7-8,10,12,18,21-25,30-31H,3,6,9,11,13-15H2,1H3,(H,29,34)/t18?,21-,22?,23?,24?,25?/m1/s1. The SMILES string of the molecule is Cc1cc(C2NNC3CC4NC(=O)N([C@@H]5CCCN(c6cccc(Cl)c6)C5)CC4CC32)ccn1. The van der Waals surface area contributed by atoms with Crippen molar-refractivity contribution in [3.63, 3.8) is 0 Å². The van der Waals surface area contributed by atoms with Gasteiger partial charge < -0.3 is 15.1 Å². The molecule has 3 aliphatic heterocycles. The van der Waals surface area contributed by atoms with Crippen LogP contribution >= 0.6 is 11.6 Å². The monoisotopic (exact) mass is 480 g/mol. The molecule has 1 aromatic heterocycles. The maximum absolute atomic E-state index is 13.2. The summed E-state index contributed by atoms with van der Waals surface area (Å²) in [5, 5.41) is 4.13. The molecule has 0 spiro atoms. The zero-order chi connectivity index (χ0) is 23.2. The third-order valence-corrected chi connectivity index (χ3v) is 8.55. The second-order valence-electron chi connectivity index (χ2n) is 10.4. The molecule has 6 rings (SSSR count). The molecule has 180 valence electrons. The number of urea groups is 1. The average molecular weight is 481 g/mol. The number of aryl methyl sites for hydroxylation is 1. The van der Waals surface area contributed by atoms with Crippen molar-refractivity contribution in [1.82, 2.24) is 26.1 Å². The van der Waals surface area contributed by atoms with Crippen LogP contribution in [0.2, 0.25) is 5.02 Å². The summed E-state index contributed by atoms with van der Waals surface area (Å²) in [5.74, 6) is 0.974. The second-order valence-corrected chi connectivity index (χ2v) is 10.9. The number of rotatable bonds is 3. The molecule has 34 heavy (non-hydrogen) atoms. The van der Waals surface area contributed by atoms with E-state index in [4.69, 9.17) is 11.6 Å². The van der Waals surface area contributed by atoms with Crippen molar-refractivity contribution in [2.24, 2.45) is 11.8 Å². The molecule has 4 heterocycles. The number of pyridine rings is 1. The number of benzene rings is 1. The lowest BCUT2D eigenvalue weighted by Gasteiger charge is -2.49. The summed E-state index contributed by atoms with van der Waals surface area (Å²) in [5.41, 5.74) is 10.6. The van der Waals surface area contributed by atoms with Gasteiger partial charge >= 0.3 is 6.03 Å². The number of nitrogens with zero attached hydrogens (tertiary/aromatic N) is 3. The van der Waals surface area contributed by atoms with Crippen LogP contribution in [0.15, 0.2) is 42.6 Å². The van der Waals surface area contributed by atoms with Crippen LogP contribution in [0, 0.1) is 18.8 Å². The van der Waals surface area contributed by atoms with Crippen LogP contribution in [-0.2, 0) is 0 Å². The van der Waals surface area contributed by atoms with Gasteiger partial charge in [-0.3, -0.25) is 10.4 Å². The molecule has 7 nitrogen and oxygen atoms in total. The number of carbonyl (C=O) groups is 1. The first kappa shape index (κ1) is 22.1. The number of carbonyl (C=O) groups excluding carboxylic acids is 1. The summed E-state index contributed by atoms with van der Waals surface area (Å²) < 4.78 is 0. The van der Waals surface area contributed by atoms with Crippen molar-refractivity contribution in [2.75, 3.05) is 24.5 Å². The van der Waals surface area contributed by atoms with Crippen molar-refractivity contribution in [2.45, 2.75) is 56.8 Å². The number of hydrazine groups is 1. The fourth-order valence-electron chi connectivity index (χ4n) is 6.64. The minimum Gasteiger partial charge on any atom is -0.369 e. The molecular formula is C26H33ClN6O. The fraction of sp³-hybridized carbons (Fsp3) is 0.538. The molecular weight excluding hydrogens is 448 g/mol. The summed E-state index contributed by atoms with van der Waals surface area (Å²) in [6.45, 7) is 4.76. The molecule has 3 N–H and O–H groups in total. The van der Waals surface area contributed by atoms with Gasteiger partial charge in [-0.05, 0) is 80.3 Å². The summed E-state index contributed by atoms with van der Waals surface area (Å²) >= 11 is 6.24. The van der Waals surface area contributed by atoms with E-state index in [-0.39, 0.29) is 24.2 Å². The number of hydrogen-bond donors (Lipinski definition) is 3. The Morgan fingerprint density at radius 1 is 1.09 bits per heavy atom. The van der Waals surface area contributed by atoms with Gasteiger partial charge in [-0.15, -0.1) is 0 Å². The van der Waals surface area contributed by atoms with Gasteiger partial charge in [-0.25, -0.2) is 10.2 Å². The number of halogens is 1. The minimum atomic E-state index is 0.102. The molecule has 1 aromatic carbocycles. The third-order valence-electron chi connectivity index (χ3n) is 8.31. The number of amides is 2. The Kier molecular flexibility index (Phi) is 5.87. The van der Waals surface area contributed by atoms with Crippen molar-refractivity contribution in [3.8, 4) is 0 Å². The van der Waals surface area contributed by atoms with Gasteiger partial charge in [0, 0.05) is 54.3 Å². The van der Waals surface area contributed by atoms with E-state index in [0.717, 1.165) is 61.7 Å². The Morgan fingerprint density at radius 2 is 2.00 bits per heavy atom. The summed E-state index contributed by atoms with van der Waals surface area (Å²) in [4.78, 5) is 22.1. The Balaban J connectivity index is 1.16. The van der Waals surface area contributed by atoms with Gasteiger partial charge in [0.25, 0.3) is 0 Å². The topological polar surface area (TPSA) is 72.5 Å². The average Bonchev–Trinajstić information content (AvgIpc) is 3.25. The van der Waals surface area contributed by atoms with Gasteiger partial charge in [-0.1, -0.05) is 17.7 Å². The summed E-state index contributed by atoms with van der Waals surface area (Å²) in [6, 6.07) is 13.6. The van der Waals surface area contributed by atoms with Crippen LogP contribution in [0.4, 0.5) is 10.5 Å². The Morgan fingerprint density at radius 3 is 2.85 bits per heavy atom.